The third kappa shape index (κ3) is 4.56. The Morgan fingerprint density at radius 2 is 1.88 bits per heavy atom. The molecular formula is C19H24N4O2. The number of carbonyl (C=O) groups is 2. The molecular weight excluding hydrogens is 316 g/mol. The standard InChI is InChI=1S/C19H24N4O2/c1-5-13(2)21-18(24)19(25)22-20-12-16-11-14(3)23(15(16)4)17-9-7-6-8-10-17/h6-13H,5H2,1-4H3,(H,21,24)(H,22,25)/b20-12-/t13-/m0/s1. The lowest BCUT2D eigenvalue weighted by molar-refractivity contribution is -0.139. The zero-order chi connectivity index (χ0) is 18.4. The maximum Gasteiger partial charge on any atom is 0.329 e. The highest BCUT2D eigenvalue weighted by Crippen LogP contribution is 2.19. The molecule has 6 heteroatoms. The van der Waals surface area contributed by atoms with Gasteiger partial charge in [0.05, 0.1) is 6.21 Å². The van der Waals surface area contributed by atoms with Gasteiger partial charge < -0.3 is 9.88 Å². The lowest BCUT2D eigenvalue weighted by atomic mass is 10.2. The number of rotatable bonds is 5. The van der Waals surface area contributed by atoms with Crippen molar-refractivity contribution < 1.29 is 9.59 Å². The van der Waals surface area contributed by atoms with Gasteiger partial charge in [0.2, 0.25) is 0 Å². The van der Waals surface area contributed by atoms with Crippen LogP contribution in [0.2, 0.25) is 0 Å². The van der Waals surface area contributed by atoms with Crippen molar-refractivity contribution in [3.8, 4) is 5.69 Å². The Kier molecular flexibility index (Phi) is 6.11. The number of aryl methyl sites for hydroxylation is 1. The molecule has 0 aliphatic rings. The largest absolute Gasteiger partial charge is 0.345 e. The zero-order valence-electron chi connectivity index (χ0n) is 15.0. The number of nitrogens with zero attached hydrogens (tertiary/aromatic N) is 2. The summed E-state index contributed by atoms with van der Waals surface area (Å²) < 4.78 is 2.11. The number of nitrogens with one attached hydrogen (secondary N) is 2. The predicted octanol–water partition coefficient (Wildman–Crippen LogP) is 2.46. The van der Waals surface area contributed by atoms with Crippen LogP contribution < -0.4 is 10.7 Å². The van der Waals surface area contributed by atoms with Gasteiger partial charge in [-0.2, -0.15) is 5.10 Å². The molecule has 132 valence electrons. The quantitative estimate of drug-likeness (QED) is 0.498. The van der Waals surface area contributed by atoms with Crippen molar-refractivity contribution in [2.45, 2.75) is 40.2 Å². The molecule has 0 fully saturated rings. The molecule has 2 aromatic rings. The highest BCUT2D eigenvalue weighted by Gasteiger charge is 2.14. The van der Waals surface area contributed by atoms with E-state index in [2.05, 4.69) is 20.4 Å². The smallest absolute Gasteiger partial charge is 0.329 e. The number of para-hydroxylation sites is 1. The van der Waals surface area contributed by atoms with E-state index in [0.29, 0.717) is 0 Å². The zero-order valence-corrected chi connectivity index (χ0v) is 15.0. The Bertz CT molecular complexity index is 778. The third-order valence-electron chi connectivity index (χ3n) is 4.05. The van der Waals surface area contributed by atoms with E-state index in [9.17, 15) is 9.59 Å². The molecule has 2 amide bonds. The number of aromatic nitrogens is 1. The SMILES string of the molecule is CC[C@H](C)NC(=O)C(=O)N/N=C\c1cc(C)n(-c2ccccc2)c1C. The van der Waals surface area contributed by atoms with E-state index in [1.165, 1.54) is 0 Å². The van der Waals surface area contributed by atoms with E-state index in [0.717, 1.165) is 29.1 Å². The van der Waals surface area contributed by atoms with Crippen LogP contribution in [0.25, 0.3) is 5.69 Å². The van der Waals surface area contributed by atoms with E-state index in [4.69, 9.17) is 0 Å². The summed E-state index contributed by atoms with van der Waals surface area (Å²) in [5.41, 5.74) is 6.27. The first-order valence-corrected chi connectivity index (χ1v) is 8.32. The molecule has 0 bridgehead atoms. The minimum atomic E-state index is -0.770. The maximum atomic E-state index is 11.7. The molecule has 0 unspecified atom stereocenters. The average Bonchev–Trinajstić information content (AvgIpc) is 2.89. The number of hydrogen-bond donors (Lipinski definition) is 2. The maximum absolute atomic E-state index is 11.7. The van der Waals surface area contributed by atoms with E-state index in [-0.39, 0.29) is 6.04 Å². The van der Waals surface area contributed by atoms with Crippen molar-refractivity contribution in [1.82, 2.24) is 15.3 Å². The molecule has 1 heterocycles. The van der Waals surface area contributed by atoms with Crippen LogP contribution in [0.5, 0.6) is 0 Å². The Hall–Kier alpha value is -2.89. The fourth-order valence-corrected chi connectivity index (χ4v) is 2.50. The molecule has 1 atom stereocenters. The molecule has 0 saturated carbocycles. The van der Waals surface area contributed by atoms with Gasteiger partial charge in [0, 0.05) is 28.7 Å². The second kappa shape index (κ2) is 8.28. The summed E-state index contributed by atoms with van der Waals surface area (Å²) in [5.74, 6) is -1.45. The van der Waals surface area contributed by atoms with Gasteiger partial charge in [-0.25, -0.2) is 5.43 Å². The first-order valence-electron chi connectivity index (χ1n) is 8.32. The minimum absolute atomic E-state index is 0.0490. The van der Waals surface area contributed by atoms with Gasteiger partial charge in [-0.05, 0) is 45.4 Å². The van der Waals surface area contributed by atoms with Gasteiger partial charge in [-0.1, -0.05) is 25.1 Å². The van der Waals surface area contributed by atoms with Crippen LogP contribution in [0.1, 0.15) is 37.2 Å². The number of hydrogen-bond acceptors (Lipinski definition) is 3. The third-order valence-corrected chi connectivity index (χ3v) is 4.05. The molecule has 0 spiro atoms. The normalized spacial score (nSPS) is 12.2. The van der Waals surface area contributed by atoms with Crippen molar-refractivity contribution >= 4 is 18.0 Å². The number of carbonyl (C=O) groups excluding carboxylic acids is 2. The van der Waals surface area contributed by atoms with Crippen LogP contribution in [0, 0.1) is 13.8 Å². The summed E-state index contributed by atoms with van der Waals surface area (Å²) in [5, 5.41) is 6.50. The van der Waals surface area contributed by atoms with Gasteiger partial charge in [0.1, 0.15) is 0 Å². The summed E-state index contributed by atoms with van der Waals surface area (Å²) in [6.07, 6.45) is 2.31. The van der Waals surface area contributed by atoms with Crippen LogP contribution in [0.4, 0.5) is 0 Å². The van der Waals surface area contributed by atoms with E-state index < -0.39 is 11.8 Å². The van der Waals surface area contributed by atoms with E-state index in [1.807, 2.05) is 64.1 Å². The summed E-state index contributed by atoms with van der Waals surface area (Å²) in [6.45, 7) is 7.77. The molecule has 0 saturated heterocycles. The van der Waals surface area contributed by atoms with Gasteiger partial charge in [0.25, 0.3) is 0 Å². The van der Waals surface area contributed by atoms with Gasteiger partial charge >= 0.3 is 11.8 Å². The molecule has 25 heavy (non-hydrogen) atoms. The Morgan fingerprint density at radius 3 is 2.52 bits per heavy atom. The average molecular weight is 340 g/mol. The van der Waals surface area contributed by atoms with Crippen molar-refractivity contribution in [2.75, 3.05) is 0 Å². The molecule has 1 aromatic heterocycles. The van der Waals surface area contributed by atoms with Gasteiger partial charge in [-0.15, -0.1) is 0 Å². The monoisotopic (exact) mass is 340 g/mol. The fraction of sp³-hybridized carbons (Fsp3) is 0.316. The van der Waals surface area contributed by atoms with Gasteiger partial charge in [0.15, 0.2) is 0 Å². The summed E-state index contributed by atoms with van der Waals surface area (Å²) in [6, 6.07) is 11.9. The molecule has 6 nitrogen and oxygen atoms in total. The summed E-state index contributed by atoms with van der Waals surface area (Å²) in [4.78, 5) is 23.4. The Morgan fingerprint density at radius 1 is 1.20 bits per heavy atom. The fourth-order valence-electron chi connectivity index (χ4n) is 2.50. The first-order chi connectivity index (χ1) is 11.9. The number of amides is 2. The molecule has 2 N–H and O–H groups in total. The van der Waals surface area contributed by atoms with E-state index in [1.54, 1.807) is 6.21 Å². The molecule has 0 aliphatic heterocycles. The lowest BCUT2D eigenvalue weighted by Gasteiger charge is -2.09. The summed E-state index contributed by atoms with van der Waals surface area (Å²) >= 11 is 0. The molecule has 2 rings (SSSR count). The van der Waals surface area contributed by atoms with Crippen molar-refractivity contribution in [2.24, 2.45) is 5.10 Å². The Balaban J connectivity index is 2.07. The van der Waals surface area contributed by atoms with Crippen molar-refractivity contribution in [3.63, 3.8) is 0 Å². The van der Waals surface area contributed by atoms with Crippen molar-refractivity contribution in [3.05, 3.63) is 53.3 Å². The van der Waals surface area contributed by atoms with Crippen LogP contribution in [-0.2, 0) is 9.59 Å². The number of hydrazone groups is 1. The lowest BCUT2D eigenvalue weighted by Crippen LogP contribution is -2.41. The highest BCUT2D eigenvalue weighted by molar-refractivity contribution is 6.35. The predicted molar refractivity (Wildman–Crippen MR) is 98.9 cm³/mol. The molecule has 1 aromatic carbocycles. The summed E-state index contributed by atoms with van der Waals surface area (Å²) in [7, 11) is 0. The van der Waals surface area contributed by atoms with Gasteiger partial charge in [-0.3, -0.25) is 9.59 Å². The second-order valence-electron chi connectivity index (χ2n) is 5.98. The van der Waals surface area contributed by atoms with Crippen LogP contribution in [0.15, 0.2) is 41.5 Å². The van der Waals surface area contributed by atoms with E-state index >= 15 is 0 Å². The second-order valence-corrected chi connectivity index (χ2v) is 5.98. The molecule has 0 aliphatic carbocycles. The topological polar surface area (TPSA) is 75.5 Å². The van der Waals surface area contributed by atoms with Crippen LogP contribution >= 0.6 is 0 Å². The Labute approximate surface area is 147 Å². The number of benzene rings is 1. The molecule has 0 radical (unpaired) electrons. The first kappa shape index (κ1) is 18.4. The van der Waals surface area contributed by atoms with Crippen LogP contribution in [-0.4, -0.2) is 28.6 Å². The van der Waals surface area contributed by atoms with Crippen molar-refractivity contribution in [1.29, 1.82) is 0 Å². The van der Waals surface area contributed by atoms with Crippen LogP contribution in [0.3, 0.4) is 0 Å². The minimum Gasteiger partial charge on any atom is -0.345 e. The highest BCUT2D eigenvalue weighted by atomic mass is 16.2.